The normalized spacial score (nSPS) is 12.7. The van der Waals surface area contributed by atoms with Crippen molar-refractivity contribution in [2.24, 2.45) is 0 Å². The Balaban J connectivity index is 0.00000445. The van der Waals surface area contributed by atoms with Crippen LogP contribution >= 0.6 is 0 Å². The van der Waals surface area contributed by atoms with E-state index in [1.807, 2.05) is 89.8 Å². The number of ether oxygens (including phenoxy) is 1. The van der Waals surface area contributed by atoms with Crippen LogP contribution in [0.15, 0.2) is 158 Å². The second kappa shape index (κ2) is 14.8. The number of rotatable bonds is 6. The molecule has 0 spiro atoms. The quantitative estimate of drug-likeness (QED) is 0.156. The van der Waals surface area contributed by atoms with E-state index in [-0.39, 0.29) is 32.2 Å². The summed E-state index contributed by atoms with van der Waals surface area (Å²) in [4.78, 5) is 8.20. The minimum absolute atomic E-state index is 0. The van der Waals surface area contributed by atoms with E-state index in [1.54, 1.807) is 17.8 Å². The number of fused-ring (bicyclic) bond motifs is 7. The molecule has 3 aromatic heterocycles. The summed E-state index contributed by atoms with van der Waals surface area (Å²) in [5, 5.41) is 4.32. The van der Waals surface area contributed by atoms with Gasteiger partial charge < -0.3 is 23.7 Å². The minimum Gasteiger partial charge on any atom is -0.509 e. The van der Waals surface area contributed by atoms with E-state index in [1.165, 1.54) is 18.2 Å². The van der Waals surface area contributed by atoms with Gasteiger partial charge in [-0.1, -0.05) is 110 Å². The first-order chi connectivity index (χ1) is 29.2. The van der Waals surface area contributed by atoms with Gasteiger partial charge in [-0.05, 0) is 71.0 Å². The average Bonchev–Trinajstić information content (AvgIpc) is 3.91. The summed E-state index contributed by atoms with van der Waals surface area (Å²) in [6.45, 7) is 8.09. The molecule has 11 rings (SSSR count). The maximum absolute atomic E-state index is 15.7. The fraction of sp³-hybridized carbons (Fsp3) is 0.0769. The van der Waals surface area contributed by atoms with E-state index in [2.05, 4.69) is 95.6 Å². The Labute approximate surface area is 366 Å². The molecule has 10 aromatic rings. The molecule has 6 nitrogen and oxygen atoms in total. The SMILES string of the molecule is CC(C)(C)c1ccc2c(c1)N(c1c(F)cccc1F)[CH-]N2c1[c-]c(Oc2[c-]c3c(cc2)c2ccccc2n3-c2ccccn2)cc(-n2c3ccccc3c3ccccc32)c1.[Pt]. The van der Waals surface area contributed by atoms with Gasteiger partial charge in [-0.25, -0.2) is 13.8 Å². The van der Waals surface area contributed by atoms with Gasteiger partial charge in [-0.3, -0.25) is 0 Å². The third-order valence-electron chi connectivity index (χ3n) is 11.3. The fourth-order valence-corrected chi connectivity index (χ4v) is 8.52. The molecular formula is C52H36F2N5OPt-3. The zero-order valence-corrected chi connectivity index (χ0v) is 35.6. The molecule has 1 aliphatic heterocycles. The van der Waals surface area contributed by atoms with Gasteiger partial charge >= 0.3 is 0 Å². The van der Waals surface area contributed by atoms with Crippen molar-refractivity contribution in [3.63, 3.8) is 0 Å². The molecular weight excluding hydrogens is 944 g/mol. The number of halogens is 2. The molecule has 1 aliphatic rings. The summed E-state index contributed by atoms with van der Waals surface area (Å²) in [6.07, 6.45) is 1.78. The second-order valence-corrected chi connectivity index (χ2v) is 16.1. The number of pyridine rings is 1. The molecule has 9 heteroatoms. The van der Waals surface area contributed by atoms with E-state index >= 15 is 8.78 Å². The standard InChI is InChI=1S/C52H36F2N5O.Pt/c1-52(2,3)33-22-25-47-49(27-33)57(51-42(53)16-12-17-43(51)54)32-56(47)34-28-35(58-44-18-7-4-13-38(44)39-14-5-8-19-45(39)58)30-37(29-34)60-36-23-24-41-40-15-6-9-20-46(40)59(48(41)31-36)50-21-10-11-26-55-50;/h4-28,30,32H,1-3H3;/q-3;. The largest absolute Gasteiger partial charge is 0.509 e. The van der Waals surface area contributed by atoms with Crippen LogP contribution in [0.1, 0.15) is 26.3 Å². The van der Waals surface area contributed by atoms with Crippen LogP contribution in [-0.4, -0.2) is 14.1 Å². The summed E-state index contributed by atoms with van der Waals surface area (Å²) in [6, 6.07) is 55.9. The number of para-hydroxylation sites is 4. The molecule has 302 valence electrons. The molecule has 0 radical (unpaired) electrons. The van der Waals surface area contributed by atoms with Crippen LogP contribution in [0.4, 0.5) is 31.5 Å². The van der Waals surface area contributed by atoms with E-state index in [9.17, 15) is 0 Å². The third kappa shape index (κ3) is 6.36. The van der Waals surface area contributed by atoms with Crippen LogP contribution in [0.2, 0.25) is 0 Å². The monoisotopic (exact) mass is 979 g/mol. The van der Waals surface area contributed by atoms with Crippen LogP contribution in [-0.2, 0) is 26.5 Å². The van der Waals surface area contributed by atoms with Crippen LogP contribution in [0, 0.1) is 30.4 Å². The van der Waals surface area contributed by atoms with Gasteiger partial charge in [0.05, 0.1) is 16.7 Å². The van der Waals surface area contributed by atoms with Crippen LogP contribution in [0.3, 0.4) is 0 Å². The van der Waals surface area contributed by atoms with Crippen molar-refractivity contribution in [1.82, 2.24) is 14.1 Å². The Kier molecular flexibility index (Phi) is 9.30. The van der Waals surface area contributed by atoms with Crippen molar-refractivity contribution in [3.8, 4) is 23.0 Å². The average molecular weight is 980 g/mol. The number of anilines is 4. The molecule has 0 N–H and O–H groups in total. The Morgan fingerprint density at radius 1 is 0.574 bits per heavy atom. The topological polar surface area (TPSA) is 38.5 Å². The maximum atomic E-state index is 15.7. The molecule has 0 bridgehead atoms. The van der Waals surface area contributed by atoms with E-state index < -0.39 is 11.6 Å². The third-order valence-corrected chi connectivity index (χ3v) is 11.3. The number of hydrogen-bond acceptors (Lipinski definition) is 4. The Bertz CT molecular complexity index is 3240. The molecule has 0 unspecified atom stereocenters. The minimum atomic E-state index is -0.665. The summed E-state index contributed by atoms with van der Waals surface area (Å²) >= 11 is 0. The molecule has 0 amide bonds. The van der Waals surface area contributed by atoms with E-state index in [0.717, 1.165) is 66.4 Å². The zero-order chi connectivity index (χ0) is 40.7. The van der Waals surface area contributed by atoms with Crippen molar-refractivity contribution in [2.45, 2.75) is 26.2 Å². The molecule has 0 fully saturated rings. The molecule has 0 saturated heterocycles. The van der Waals surface area contributed by atoms with Crippen molar-refractivity contribution < 1.29 is 34.6 Å². The number of benzene rings is 7. The first kappa shape index (κ1) is 38.4. The maximum Gasteiger partial charge on any atom is 0.147 e. The summed E-state index contributed by atoms with van der Waals surface area (Å²) in [5.41, 5.74) is 7.33. The van der Waals surface area contributed by atoms with Gasteiger partial charge in [0.15, 0.2) is 0 Å². The summed E-state index contributed by atoms with van der Waals surface area (Å²) in [7, 11) is 0. The van der Waals surface area contributed by atoms with Gasteiger partial charge in [0.1, 0.15) is 17.5 Å². The first-order valence-corrected chi connectivity index (χ1v) is 19.8. The molecule has 4 heterocycles. The Morgan fingerprint density at radius 3 is 1.87 bits per heavy atom. The molecule has 7 aromatic carbocycles. The van der Waals surface area contributed by atoms with Crippen LogP contribution in [0.5, 0.6) is 11.5 Å². The Morgan fingerprint density at radius 2 is 1.21 bits per heavy atom. The number of hydrogen-bond donors (Lipinski definition) is 0. The van der Waals surface area contributed by atoms with Gasteiger partial charge in [0.25, 0.3) is 0 Å². The van der Waals surface area contributed by atoms with Crippen molar-refractivity contribution in [1.29, 1.82) is 0 Å². The molecule has 0 saturated carbocycles. The second-order valence-electron chi connectivity index (χ2n) is 16.1. The first-order valence-electron chi connectivity index (χ1n) is 19.8. The summed E-state index contributed by atoms with van der Waals surface area (Å²) < 4.78 is 42.5. The van der Waals surface area contributed by atoms with Crippen molar-refractivity contribution >= 4 is 66.4 Å². The smallest absolute Gasteiger partial charge is 0.147 e. The Hall–Kier alpha value is -6.76. The summed E-state index contributed by atoms with van der Waals surface area (Å²) in [5.74, 6) is 0.354. The molecule has 0 atom stereocenters. The van der Waals surface area contributed by atoms with E-state index in [0.29, 0.717) is 22.9 Å². The van der Waals surface area contributed by atoms with Crippen LogP contribution < -0.4 is 14.5 Å². The van der Waals surface area contributed by atoms with Gasteiger partial charge in [0, 0.05) is 66.4 Å². The van der Waals surface area contributed by atoms with Gasteiger partial charge in [-0.2, -0.15) is 6.07 Å². The van der Waals surface area contributed by atoms with Crippen LogP contribution in [0.25, 0.3) is 55.1 Å². The van der Waals surface area contributed by atoms with Gasteiger partial charge in [-0.15, -0.1) is 42.4 Å². The van der Waals surface area contributed by atoms with Gasteiger partial charge in [0.2, 0.25) is 0 Å². The number of aromatic nitrogens is 3. The van der Waals surface area contributed by atoms with E-state index in [4.69, 9.17) is 4.74 Å². The van der Waals surface area contributed by atoms with Crippen molar-refractivity contribution in [2.75, 3.05) is 9.80 Å². The van der Waals surface area contributed by atoms with Crippen molar-refractivity contribution in [3.05, 3.63) is 194 Å². The predicted octanol–water partition coefficient (Wildman–Crippen LogP) is 13.7. The molecule has 61 heavy (non-hydrogen) atoms. The predicted molar refractivity (Wildman–Crippen MR) is 237 cm³/mol. The fourth-order valence-electron chi connectivity index (χ4n) is 8.52. The zero-order valence-electron chi connectivity index (χ0n) is 33.3. The molecule has 0 aliphatic carbocycles. The number of nitrogens with zero attached hydrogens (tertiary/aromatic N) is 5.